The van der Waals surface area contributed by atoms with Crippen LogP contribution in [0.3, 0.4) is 0 Å². The summed E-state index contributed by atoms with van der Waals surface area (Å²) in [4.78, 5) is 23.7. The molecule has 0 unspecified atom stereocenters. The molecule has 0 saturated heterocycles. The number of hydrogen-bond donors (Lipinski definition) is 1. The predicted molar refractivity (Wildman–Crippen MR) is 128 cm³/mol. The maximum absolute atomic E-state index is 13.4. The molecule has 0 aliphatic carbocycles. The highest BCUT2D eigenvalue weighted by Gasteiger charge is 2.25. The van der Waals surface area contributed by atoms with Gasteiger partial charge in [-0.15, -0.1) is 0 Å². The maximum atomic E-state index is 13.4. The third-order valence-corrected chi connectivity index (χ3v) is 7.26. The number of carbonyl (C=O) groups excluding carboxylic acids is 1. The van der Waals surface area contributed by atoms with Gasteiger partial charge in [-0.2, -0.15) is 0 Å². The Kier molecular flexibility index (Phi) is 8.25. The standard InChI is InChI=1S/C25H24ClNO5S/c26-23-18-20(15-16-22(23)25(30)19-10-4-1-5-11-19)27(17-9-3-8-14-24(28)29)33(31,32)21-12-6-2-7-13-21/h1-2,4-7,10-13,15-16,18H,3,8-9,14,17H2,(H,28,29). The first-order valence-electron chi connectivity index (χ1n) is 10.5. The zero-order chi connectivity index (χ0) is 23.8. The van der Waals surface area contributed by atoms with Gasteiger partial charge in [0.15, 0.2) is 5.78 Å². The van der Waals surface area contributed by atoms with E-state index in [0.29, 0.717) is 30.5 Å². The number of carboxylic acids is 1. The second kappa shape index (κ2) is 11.1. The summed E-state index contributed by atoms with van der Waals surface area (Å²) < 4.78 is 28.0. The fourth-order valence-corrected chi connectivity index (χ4v) is 5.18. The van der Waals surface area contributed by atoms with Crippen molar-refractivity contribution in [1.82, 2.24) is 0 Å². The monoisotopic (exact) mass is 485 g/mol. The molecular weight excluding hydrogens is 462 g/mol. The van der Waals surface area contributed by atoms with Crippen LogP contribution in [-0.4, -0.2) is 31.8 Å². The molecule has 0 aromatic heterocycles. The van der Waals surface area contributed by atoms with Crippen LogP contribution in [0.25, 0.3) is 0 Å². The number of benzene rings is 3. The first kappa shape index (κ1) is 24.5. The van der Waals surface area contributed by atoms with Gasteiger partial charge in [-0.25, -0.2) is 8.42 Å². The number of unbranched alkanes of at least 4 members (excludes halogenated alkanes) is 2. The quantitative estimate of drug-likeness (QED) is 0.289. The number of carbonyl (C=O) groups is 2. The Labute approximate surface area is 198 Å². The smallest absolute Gasteiger partial charge is 0.303 e. The fraction of sp³-hybridized carbons (Fsp3) is 0.200. The van der Waals surface area contributed by atoms with Crippen molar-refractivity contribution in [2.75, 3.05) is 10.8 Å². The van der Waals surface area contributed by atoms with E-state index < -0.39 is 16.0 Å². The van der Waals surface area contributed by atoms with Gasteiger partial charge in [0.2, 0.25) is 0 Å². The summed E-state index contributed by atoms with van der Waals surface area (Å²) in [7, 11) is -3.89. The third-order valence-electron chi connectivity index (χ3n) is 5.10. The molecule has 1 N–H and O–H groups in total. The lowest BCUT2D eigenvalue weighted by Crippen LogP contribution is -2.32. The number of carboxylic acid groups (broad SMARTS) is 1. The number of ketones is 1. The van der Waals surface area contributed by atoms with E-state index in [4.69, 9.17) is 16.7 Å². The minimum absolute atomic E-state index is 0.0353. The second-order valence-corrected chi connectivity index (χ2v) is 9.72. The summed E-state index contributed by atoms with van der Waals surface area (Å²) in [5.41, 5.74) is 1.11. The summed E-state index contributed by atoms with van der Waals surface area (Å²) in [6, 6.07) is 21.3. The minimum atomic E-state index is -3.89. The van der Waals surface area contributed by atoms with Crippen LogP contribution in [-0.2, 0) is 14.8 Å². The highest BCUT2D eigenvalue weighted by Crippen LogP contribution is 2.30. The lowest BCUT2D eigenvalue weighted by Gasteiger charge is -2.25. The van der Waals surface area contributed by atoms with Gasteiger partial charge in [-0.1, -0.05) is 66.6 Å². The van der Waals surface area contributed by atoms with Crippen LogP contribution >= 0.6 is 11.6 Å². The van der Waals surface area contributed by atoms with Crippen LogP contribution in [0.2, 0.25) is 5.02 Å². The van der Waals surface area contributed by atoms with Gasteiger partial charge in [0.25, 0.3) is 10.0 Å². The van der Waals surface area contributed by atoms with E-state index in [1.807, 2.05) is 6.07 Å². The van der Waals surface area contributed by atoms with Crippen molar-refractivity contribution in [3.8, 4) is 0 Å². The predicted octanol–water partition coefficient (Wildman–Crippen LogP) is 5.41. The molecule has 3 rings (SSSR count). The number of sulfonamides is 1. The molecule has 0 spiro atoms. The molecule has 0 heterocycles. The van der Waals surface area contributed by atoms with E-state index in [0.717, 1.165) is 0 Å². The van der Waals surface area contributed by atoms with E-state index in [1.165, 1.54) is 28.6 Å². The average Bonchev–Trinajstić information content (AvgIpc) is 2.81. The Hall–Kier alpha value is -3.16. The van der Waals surface area contributed by atoms with Gasteiger partial charge in [-0.05, 0) is 43.2 Å². The Balaban J connectivity index is 1.90. The summed E-state index contributed by atoms with van der Waals surface area (Å²) in [5, 5.41) is 8.97. The zero-order valence-corrected chi connectivity index (χ0v) is 19.4. The minimum Gasteiger partial charge on any atom is -0.481 e. The molecule has 33 heavy (non-hydrogen) atoms. The summed E-state index contributed by atoms with van der Waals surface area (Å²) in [5.74, 6) is -1.13. The molecule has 0 atom stereocenters. The van der Waals surface area contributed by atoms with Crippen LogP contribution in [0.5, 0.6) is 0 Å². The summed E-state index contributed by atoms with van der Waals surface area (Å²) >= 11 is 6.43. The van der Waals surface area contributed by atoms with Crippen molar-refractivity contribution >= 4 is 39.1 Å². The van der Waals surface area contributed by atoms with E-state index in [1.54, 1.807) is 48.5 Å². The molecule has 0 aliphatic rings. The van der Waals surface area contributed by atoms with Crippen molar-refractivity contribution in [2.24, 2.45) is 0 Å². The molecule has 3 aromatic rings. The van der Waals surface area contributed by atoms with E-state index in [2.05, 4.69) is 0 Å². The topological polar surface area (TPSA) is 91.8 Å². The largest absolute Gasteiger partial charge is 0.481 e. The van der Waals surface area contributed by atoms with Crippen molar-refractivity contribution in [3.63, 3.8) is 0 Å². The second-order valence-electron chi connectivity index (χ2n) is 7.45. The highest BCUT2D eigenvalue weighted by molar-refractivity contribution is 7.92. The Morgan fingerprint density at radius 2 is 1.48 bits per heavy atom. The number of hydrogen-bond acceptors (Lipinski definition) is 4. The van der Waals surface area contributed by atoms with Crippen LogP contribution in [0, 0.1) is 0 Å². The highest BCUT2D eigenvalue weighted by atomic mass is 35.5. The van der Waals surface area contributed by atoms with E-state index in [9.17, 15) is 18.0 Å². The lowest BCUT2D eigenvalue weighted by atomic mass is 10.0. The van der Waals surface area contributed by atoms with Crippen molar-refractivity contribution in [1.29, 1.82) is 0 Å². The Morgan fingerprint density at radius 3 is 2.09 bits per heavy atom. The van der Waals surface area contributed by atoms with Gasteiger partial charge in [0.05, 0.1) is 15.6 Å². The van der Waals surface area contributed by atoms with Crippen LogP contribution < -0.4 is 4.31 Å². The number of nitrogens with zero attached hydrogens (tertiary/aromatic N) is 1. The fourth-order valence-electron chi connectivity index (χ4n) is 3.40. The van der Waals surface area contributed by atoms with Gasteiger partial charge < -0.3 is 5.11 Å². The van der Waals surface area contributed by atoms with E-state index >= 15 is 0 Å². The van der Waals surface area contributed by atoms with Crippen molar-refractivity contribution in [3.05, 3.63) is 95.0 Å². The first-order valence-corrected chi connectivity index (χ1v) is 12.3. The summed E-state index contributed by atoms with van der Waals surface area (Å²) in [6.07, 6.45) is 1.53. The van der Waals surface area contributed by atoms with Gasteiger partial charge >= 0.3 is 5.97 Å². The first-order chi connectivity index (χ1) is 15.8. The molecule has 172 valence electrons. The molecule has 0 aliphatic heterocycles. The number of anilines is 1. The van der Waals surface area contributed by atoms with Crippen LogP contribution in [0.4, 0.5) is 5.69 Å². The van der Waals surface area contributed by atoms with Crippen molar-refractivity contribution < 1.29 is 23.1 Å². The molecule has 0 amide bonds. The molecule has 8 heteroatoms. The average molecular weight is 486 g/mol. The van der Waals surface area contributed by atoms with Gasteiger partial charge in [0, 0.05) is 24.1 Å². The lowest BCUT2D eigenvalue weighted by molar-refractivity contribution is -0.137. The van der Waals surface area contributed by atoms with Crippen LogP contribution in [0.15, 0.2) is 83.8 Å². The summed E-state index contributed by atoms with van der Waals surface area (Å²) in [6.45, 7) is 0.152. The SMILES string of the molecule is O=C(O)CCCCCN(c1ccc(C(=O)c2ccccc2)c(Cl)c1)S(=O)(=O)c1ccccc1. The number of halogens is 1. The third kappa shape index (κ3) is 6.21. The zero-order valence-electron chi connectivity index (χ0n) is 17.9. The van der Waals surface area contributed by atoms with Gasteiger partial charge in [-0.3, -0.25) is 13.9 Å². The maximum Gasteiger partial charge on any atom is 0.303 e. The Bertz CT molecular complexity index is 1210. The number of aliphatic carboxylic acids is 1. The molecule has 0 radical (unpaired) electrons. The normalized spacial score (nSPS) is 11.2. The molecule has 3 aromatic carbocycles. The Morgan fingerprint density at radius 1 is 0.848 bits per heavy atom. The van der Waals surface area contributed by atoms with Gasteiger partial charge in [0.1, 0.15) is 0 Å². The number of rotatable bonds is 11. The van der Waals surface area contributed by atoms with Crippen molar-refractivity contribution in [2.45, 2.75) is 30.6 Å². The van der Waals surface area contributed by atoms with Crippen LogP contribution in [0.1, 0.15) is 41.6 Å². The van der Waals surface area contributed by atoms with E-state index in [-0.39, 0.29) is 34.2 Å². The molecule has 0 fully saturated rings. The molecule has 0 saturated carbocycles. The molecule has 6 nitrogen and oxygen atoms in total. The molecular formula is C25H24ClNO5S. The molecule has 0 bridgehead atoms.